The van der Waals surface area contributed by atoms with Crippen LogP contribution >= 0.6 is 23.2 Å². The Hall–Kier alpha value is -1.82. The molecule has 5 nitrogen and oxygen atoms in total. The van der Waals surface area contributed by atoms with Crippen molar-refractivity contribution in [2.45, 2.75) is 38.5 Å². The van der Waals surface area contributed by atoms with Crippen LogP contribution < -0.4 is 4.74 Å². The molecular weight excluding hydrogens is 373 g/mol. The van der Waals surface area contributed by atoms with Gasteiger partial charge >= 0.3 is 0 Å². The molecule has 26 heavy (non-hydrogen) atoms. The van der Waals surface area contributed by atoms with Crippen LogP contribution in [0.25, 0.3) is 10.9 Å². The number of hydrogen-bond donors (Lipinski definition) is 0. The Bertz CT molecular complexity index is 902. The fourth-order valence-electron chi connectivity index (χ4n) is 3.32. The van der Waals surface area contributed by atoms with Crippen LogP contribution in [0.1, 0.15) is 44.1 Å². The third-order valence-corrected chi connectivity index (χ3v) is 5.21. The summed E-state index contributed by atoms with van der Waals surface area (Å²) >= 11 is 12.4. The van der Waals surface area contributed by atoms with Gasteiger partial charge in [0.25, 0.3) is 0 Å². The van der Waals surface area contributed by atoms with Crippen LogP contribution in [0.2, 0.25) is 10.0 Å². The number of fused-ring (bicyclic) bond motifs is 1. The van der Waals surface area contributed by atoms with Crippen LogP contribution in [0.3, 0.4) is 0 Å². The maximum atomic E-state index is 6.22. The molecule has 7 heteroatoms. The van der Waals surface area contributed by atoms with Gasteiger partial charge < -0.3 is 9.47 Å². The molecule has 0 saturated carbocycles. The average molecular weight is 392 g/mol. The second-order valence-electron chi connectivity index (χ2n) is 6.41. The molecular formula is C19H19Cl2N3O2. The van der Waals surface area contributed by atoms with Crippen molar-refractivity contribution in [1.82, 2.24) is 14.8 Å². The zero-order valence-electron chi connectivity index (χ0n) is 14.4. The molecule has 0 N–H and O–H groups in total. The third kappa shape index (κ3) is 3.39. The second-order valence-corrected chi connectivity index (χ2v) is 7.22. The van der Waals surface area contributed by atoms with E-state index in [4.69, 9.17) is 32.7 Å². The third-order valence-electron chi connectivity index (χ3n) is 4.61. The van der Waals surface area contributed by atoms with Gasteiger partial charge in [0.1, 0.15) is 11.9 Å². The number of ether oxygens (including phenoxy) is 2. The van der Waals surface area contributed by atoms with Crippen molar-refractivity contribution in [3.63, 3.8) is 0 Å². The number of nitrogens with zero attached hydrogens (tertiary/aromatic N) is 3. The molecule has 136 valence electrons. The van der Waals surface area contributed by atoms with Crippen molar-refractivity contribution in [3.05, 3.63) is 52.4 Å². The van der Waals surface area contributed by atoms with E-state index in [-0.39, 0.29) is 12.3 Å². The van der Waals surface area contributed by atoms with Gasteiger partial charge in [0.05, 0.1) is 21.8 Å². The lowest BCUT2D eigenvalue weighted by Gasteiger charge is -2.23. The Morgan fingerprint density at radius 1 is 1.19 bits per heavy atom. The number of rotatable bonds is 4. The van der Waals surface area contributed by atoms with Crippen molar-refractivity contribution in [2.24, 2.45) is 0 Å². The summed E-state index contributed by atoms with van der Waals surface area (Å²) in [5.41, 5.74) is 1.77. The molecule has 1 saturated heterocycles. The molecule has 2 atom stereocenters. The van der Waals surface area contributed by atoms with Crippen molar-refractivity contribution in [1.29, 1.82) is 0 Å². The summed E-state index contributed by atoms with van der Waals surface area (Å²) in [6.07, 6.45) is 7.97. The molecule has 3 aromatic rings. The Kier molecular flexibility index (Phi) is 5.02. The summed E-state index contributed by atoms with van der Waals surface area (Å²) in [5.74, 6) is 0.734. The summed E-state index contributed by atoms with van der Waals surface area (Å²) in [6.45, 7) is 2.70. The fraction of sp³-hybridized carbons (Fsp3) is 0.368. The second kappa shape index (κ2) is 7.43. The molecule has 2 aromatic heterocycles. The summed E-state index contributed by atoms with van der Waals surface area (Å²) < 4.78 is 13.9. The minimum Gasteiger partial charge on any atom is -0.486 e. The molecule has 0 amide bonds. The summed E-state index contributed by atoms with van der Waals surface area (Å²) in [7, 11) is 0. The lowest BCUT2D eigenvalue weighted by atomic mass is 10.1. The Morgan fingerprint density at radius 3 is 2.73 bits per heavy atom. The van der Waals surface area contributed by atoms with Crippen LogP contribution in [0, 0.1) is 0 Å². The minimum atomic E-state index is -0.299. The fourth-order valence-corrected chi connectivity index (χ4v) is 4.00. The smallest absolute Gasteiger partial charge is 0.150 e. The van der Waals surface area contributed by atoms with Crippen molar-refractivity contribution in [3.8, 4) is 5.75 Å². The molecule has 1 aromatic carbocycles. The predicted octanol–water partition coefficient (Wildman–Crippen LogP) is 5.58. The van der Waals surface area contributed by atoms with Gasteiger partial charge in [0.15, 0.2) is 6.23 Å². The number of pyridine rings is 1. The largest absolute Gasteiger partial charge is 0.486 e. The van der Waals surface area contributed by atoms with Crippen molar-refractivity contribution >= 4 is 34.1 Å². The molecule has 1 aliphatic rings. The number of aromatic nitrogens is 3. The first kappa shape index (κ1) is 17.6. The molecule has 0 spiro atoms. The van der Waals surface area contributed by atoms with Gasteiger partial charge in [-0.15, -0.1) is 0 Å². The molecule has 1 fully saturated rings. The van der Waals surface area contributed by atoms with Gasteiger partial charge in [0, 0.05) is 30.0 Å². The number of benzene rings is 1. The highest BCUT2D eigenvalue weighted by Crippen LogP contribution is 2.34. The molecule has 1 unspecified atom stereocenters. The summed E-state index contributed by atoms with van der Waals surface area (Å²) in [4.78, 5) is 3.98. The quantitative estimate of drug-likeness (QED) is 0.582. The highest BCUT2D eigenvalue weighted by molar-refractivity contribution is 6.35. The van der Waals surface area contributed by atoms with E-state index in [1.165, 1.54) is 0 Å². The van der Waals surface area contributed by atoms with E-state index in [2.05, 4.69) is 10.1 Å². The molecule has 3 heterocycles. The minimum absolute atomic E-state index is 0.0152. The first-order valence-corrected chi connectivity index (χ1v) is 9.43. The first-order valence-electron chi connectivity index (χ1n) is 8.68. The van der Waals surface area contributed by atoms with Gasteiger partial charge in [-0.25, -0.2) is 4.68 Å². The maximum Gasteiger partial charge on any atom is 0.150 e. The standard InChI is InChI=1S/C19H19Cl2N3O2/c1-12(19-15(20)10-22-11-16(19)21)26-14-5-6-17-13(8-14)9-23-24(17)18-4-2-3-7-25-18/h5-6,8-12,18H,2-4,7H2,1H3/t12-,18?/m1/s1. The topological polar surface area (TPSA) is 49.2 Å². The molecule has 0 aliphatic carbocycles. The highest BCUT2D eigenvalue weighted by atomic mass is 35.5. The Labute approximate surface area is 161 Å². The van der Waals surface area contributed by atoms with E-state index in [0.717, 1.165) is 48.1 Å². The van der Waals surface area contributed by atoms with Crippen molar-refractivity contribution < 1.29 is 9.47 Å². The van der Waals surface area contributed by atoms with E-state index < -0.39 is 0 Å². The normalized spacial score (nSPS) is 18.8. The Morgan fingerprint density at radius 2 is 2.00 bits per heavy atom. The van der Waals surface area contributed by atoms with E-state index in [1.807, 2.05) is 36.0 Å². The lowest BCUT2D eigenvalue weighted by Crippen LogP contribution is -2.18. The zero-order chi connectivity index (χ0) is 18.1. The van der Waals surface area contributed by atoms with E-state index in [0.29, 0.717) is 10.0 Å². The van der Waals surface area contributed by atoms with E-state index in [9.17, 15) is 0 Å². The Balaban J connectivity index is 1.58. The summed E-state index contributed by atoms with van der Waals surface area (Å²) in [6, 6.07) is 5.92. The van der Waals surface area contributed by atoms with Crippen LogP contribution in [0.15, 0.2) is 36.8 Å². The maximum absolute atomic E-state index is 6.22. The summed E-state index contributed by atoms with van der Waals surface area (Å²) in [5, 5.41) is 6.51. The number of halogens is 2. The molecule has 0 radical (unpaired) electrons. The van der Waals surface area contributed by atoms with E-state index in [1.54, 1.807) is 12.4 Å². The van der Waals surface area contributed by atoms with Gasteiger partial charge in [-0.2, -0.15) is 5.10 Å². The predicted molar refractivity (Wildman–Crippen MR) is 102 cm³/mol. The van der Waals surface area contributed by atoms with Crippen LogP contribution in [0.5, 0.6) is 5.75 Å². The molecule has 4 rings (SSSR count). The zero-order valence-corrected chi connectivity index (χ0v) is 15.9. The van der Waals surface area contributed by atoms with Crippen LogP contribution in [0.4, 0.5) is 0 Å². The van der Waals surface area contributed by atoms with Gasteiger partial charge in [0.2, 0.25) is 0 Å². The monoisotopic (exact) mass is 391 g/mol. The van der Waals surface area contributed by atoms with Crippen molar-refractivity contribution in [2.75, 3.05) is 6.61 Å². The van der Waals surface area contributed by atoms with Crippen LogP contribution in [-0.4, -0.2) is 21.4 Å². The first-order chi connectivity index (χ1) is 12.6. The van der Waals surface area contributed by atoms with Gasteiger partial charge in [-0.1, -0.05) is 23.2 Å². The van der Waals surface area contributed by atoms with Gasteiger partial charge in [-0.3, -0.25) is 4.98 Å². The highest BCUT2D eigenvalue weighted by Gasteiger charge is 2.19. The SMILES string of the molecule is C[C@@H](Oc1ccc2c(cnn2C2CCCCO2)c1)c1c(Cl)cncc1Cl. The number of hydrogen-bond acceptors (Lipinski definition) is 4. The van der Waals surface area contributed by atoms with E-state index >= 15 is 0 Å². The lowest BCUT2D eigenvalue weighted by molar-refractivity contribution is -0.0366. The van der Waals surface area contributed by atoms with Gasteiger partial charge in [-0.05, 0) is 44.4 Å². The average Bonchev–Trinajstić information content (AvgIpc) is 3.05. The molecule has 0 bridgehead atoms. The molecule has 1 aliphatic heterocycles. The van der Waals surface area contributed by atoms with Crippen LogP contribution in [-0.2, 0) is 4.74 Å².